The fourth-order valence-corrected chi connectivity index (χ4v) is 1.02. The highest BCUT2D eigenvalue weighted by atomic mass is 15.5. The Kier molecular flexibility index (Phi) is 3.60. The van der Waals surface area contributed by atoms with Gasteiger partial charge in [-0.15, -0.1) is 0 Å². The Hall–Kier alpha value is -1.03. The molecular formula is C8H16N4. The molecule has 0 aliphatic carbocycles. The Morgan fingerprint density at radius 2 is 2.33 bits per heavy atom. The summed E-state index contributed by atoms with van der Waals surface area (Å²) in [5, 5.41) is 5.12. The highest BCUT2D eigenvalue weighted by molar-refractivity contribution is 5.57. The van der Waals surface area contributed by atoms with Gasteiger partial charge >= 0.3 is 0 Å². The number of nitrogens with one attached hydrogen (secondary N) is 2. The van der Waals surface area contributed by atoms with Gasteiger partial charge in [0.2, 0.25) is 0 Å². The van der Waals surface area contributed by atoms with Crippen molar-refractivity contribution in [3.8, 4) is 0 Å². The Bertz CT molecular complexity index is 185. The molecule has 0 saturated carbocycles. The predicted molar refractivity (Wildman–Crippen MR) is 50.6 cm³/mol. The second-order valence-electron chi connectivity index (χ2n) is 2.53. The summed E-state index contributed by atoms with van der Waals surface area (Å²) >= 11 is 0. The Morgan fingerprint density at radius 3 is 2.83 bits per heavy atom. The van der Waals surface area contributed by atoms with Crippen LogP contribution in [0.2, 0.25) is 0 Å². The molecule has 0 aromatic carbocycles. The first kappa shape index (κ1) is 9.06. The van der Waals surface area contributed by atoms with Crippen molar-refractivity contribution in [2.24, 2.45) is 4.99 Å². The maximum absolute atomic E-state index is 4.21. The lowest BCUT2D eigenvalue weighted by atomic mass is 10.5. The average Bonchev–Trinajstić information content (AvgIpc) is 2.09. The molecule has 0 unspecified atom stereocenters. The van der Waals surface area contributed by atoms with Crippen molar-refractivity contribution in [3.05, 3.63) is 11.9 Å². The minimum atomic E-state index is 0.875. The Balaban J connectivity index is 2.33. The normalized spacial score (nSPS) is 16.2. The third-order valence-corrected chi connectivity index (χ3v) is 1.54. The molecule has 1 aliphatic rings. The van der Waals surface area contributed by atoms with Crippen molar-refractivity contribution in [2.45, 2.75) is 13.8 Å². The number of hydrogen-bond donors (Lipinski definition) is 2. The predicted octanol–water partition coefficient (Wildman–Crippen LogP) is 0.306. The van der Waals surface area contributed by atoms with Crippen LogP contribution in [0.25, 0.3) is 0 Å². The van der Waals surface area contributed by atoms with Crippen LogP contribution in [0.4, 0.5) is 0 Å². The molecule has 4 heteroatoms. The molecular weight excluding hydrogens is 152 g/mol. The molecule has 0 aromatic heterocycles. The van der Waals surface area contributed by atoms with E-state index < -0.39 is 0 Å². The van der Waals surface area contributed by atoms with Gasteiger partial charge in [0, 0.05) is 13.1 Å². The van der Waals surface area contributed by atoms with Crippen molar-refractivity contribution in [1.82, 2.24) is 15.8 Å². The van der Waals surface area contributed by atoms with Gasteiger partial charge in [-0.1, -0.05) is 6.92 Å². The Labute approximate surface area is 73.3 Å². The summed E-state index contributed by atoms with van der Waals surface area (Å²) in [4.78, 5) is 4.21. The lowest BCUT2D eigenvalue weighted by molar-refractivity contribution is 0.350. The number of hydrazine groups is 1. The fraction of sp³-hybridized carbons (Fsp3) is 0.625. The fourth-order valence-electron chi connectivity index (χ4n) is 1.02. The molecule has 0 amide bonds. The molecule has 4 nitrogen and oxygen atoms in total. The second kappa shape index (κ2) is 4.77. The van der Waals surface area contributed by atoms with Crippen molar-refractivity contribution in [3.63, 3.8) is 0 Å². The molecule has 0 fully saturated rings. The summed E-state index contributed by atoms with van der Waals surface area (Å²) in [6.45, 7) is 6.85. The van der Waals surface area contributed by atoms with E-state index in [1.807, 2.05) is 11.3 Å². The molecule has 0 radical (unpaired) electrons. The van der Waals surface area contributed by atoms with Crippen LogP contribution in [0.1, 0.15) is 13.8 Å². The van der Waals surface area contributed by atoms with E-state index in [1.54, 1.807) is 0 Å². The van der Waals surface area contributed by atoms with Gasteiger partial charge in [-0.25, -0.2) is 10.4 Å². The number of nitrogens with zero attached hydrogens (tertiary/aromatic N) is 2. The van der Waals surface area contributed by atoms with E-state index in [0.29, 0.717) is 0 Å². The monoisotopic (exact) mass is 168 g/mol. The summed E-state index contributed by atoms with van der Waals surface area (Å²) in [5.41, 5.74) is 3.16. The smallest absolute Gasteiger partial charge is 0.125 e. The van der Waals surface area contributed by atoms with E-state index in [9.17, 15) is 0 Å². The summed E-state index contributed by atoms with van der Waals surface area (Å²) in [5.74, 6) is 0.964. The molecule has 0 spiro atoms. The van der Waals surface area contributed by atoms with Gasteiger partial charge in [0.1, 0.15) is 12.2 Å². The zero-order valence-electron chi connectivity index (χ0n) is 7.67. The van der Waals surface area contributed by atoms with Crippen molar-refractivity contribution in [1.29, 1.82) is 0 Å². The highest BCUT2D eigenvalue weighted by Gasteiger charge is 2.02. The van der Waals surface area contributed by atoms with Gasteiger partial charge in [0.25, 0.3) is 0 Å². The molecule has 1 aliphatic heterocycles. The van der Waals surface area contributed by atoms with E-state index in [0.717, 1.165) is 25.5 Å². The highest BCUT2D eigenvalue weighted by Crippen LogP contribution is 1.97. The standard InChI is InChI=1S/C8H16N4/c1-3-9-8-5-6-12(7-10-8)11-4-2/h5,7,9,11H,3-4,6H2,1-2H3. The lowest BCUT2D eigenvalue weighted by Crippen LogP contribution is -2.39. The lowest BCUT2D eigenvalue weighted by Gasteiger charge is -2.21. The van der Waals surface area contributed by atoms with Gasteiger partial charge < -0.3 is 5.32 Å². The maximum atomic E-state index is 4.21. The second-order valence-corrected chi connectivity index (χ2v) is 2.53. The van der Waals surface area contributed by atoms with Crippen molar-refractivity contribution in [2.75, 3.05) is 19.6 Å². The van der Waals surface area contributed by atoms with Crippen LogP contribution < -0.4 is 10.7 Å². The molecule has 1 rings (SSSR count). The van der Waals surface area contributed by atoms with Crippen LogP contribution in [-0.2, 0) is 0 Å². The van der Waals surface area contributed by atoms with E-state index in [1.165, 1.54) is 0 Å². The zero-order chi connectivity index (χ0) is 8.81. The zero-order valence-corrected chi connectivity index (χ0v) is 7.67. The molecule has 0 atom stereocenters. The first-order valence-corrected chi connectivity index (χ1v) is 4.35. The van der Waals surface area contributed by atoms with Crippen molar-refractivity contribution < 1.29 is 0 Å². The third kappa shape index (κ3) is 2.54. The molecule has 0 aromatic rings. The van der Waals surface area contributed by atoms with Crippen LogP contribution in [0.15, 0.2) is 16.9 Å². The van der Waals surface area contributed by atoms with Crippen LogP contribution in [0.5, 0.6) is 0 Å². The first-order valence-electron chi connectivity index (χ1n) is 4.35. The van der Waals surface area contributed by atoms with Gasteiger partial charge in [-0.2, -0.15) is 0 Å². The van der Waals surface area contributed by atoms with E-state index >= 15 is 0 Å². The number of hydrogen-bond acceptors (Lipinski definition) is 4. The first-order chi connectivity index (χ1) is 5.86. The number of rotatable bonds is 4. The quantitative estimate of drug-likeness (QED) is 0.634. The van der Waals surface area contributed by atoms with Crippen LogP contribution in [0, 0.1) is 0 Å². The van der Waals surface area contributed by atoms with E-state index in [4.69, 9.17) is 0 Å². The molecule has 12 heavy (non-hydrogen) atoms. The SMILES string of the molecule is CCNC1=CCN(NCC)C=N1. The summed E-state index contributed by atoms with van der Waals surface area (Å²) < 4.78 is 0. The van der Waals surface area contributed by atoms with E-state index in [-0.39, 0.29) is 0 Å². The van der Waals surface area contributed by atoms with Gasteiger partial charge in [-0.05, 0) is 13.0 Å². The minimum Gasteiger partial charge on any atom is -0.371 e. The number of aliphatic imine (C=N–C) groups is 1. The van der Waals surface area contributed by atoms with Crippen LogP contribution in [0.3, 0.4) is 0 Å². The molecule has 2 N–H and O–H groups in total. The maximum Gasteiger partial charge on any atom is 0.125 e. The summed E-state index contributed by atoms with van der Waals surface area (Å²) in [6.07, 6.45) is 3.87. The van der Waals surface area contributed by atoms with Gasteiger partial charge in [-0.3, -0.25) is 5.01 Å². The Morgan fingerprint density at radius 1 is 1.50 bits per heavy atom. The summed E-state index contributed by atoms with van der Waals surface area (Å²) in [7, 11) is 0. The van der Waals surface area contributed by atoms with Crippen molar-refractivity contribution >= 4 is 6.34 Å². The van der Waals surface area contributed by atoms with Crippen LogP contribution in [-0.4, -0.2) is 31.0 Å². The topological polar surface area (TPSA) is 39.7 Å². The molecule has 1 heterocycles. The summed E-state index contributed by atoms with van der Waals surface area (Å²) in [6, 6.07) is 0. The van der Waals surface area contributed by atoms with Gasteiger partial charge in [0.15, 0.2) is 0 Å². The molecule has 68 valence electrons. The minimum absolute atomic E-state index is 0.875. The van der Waals surface area contributed by atoms with Crippen LogP contribution >= 0.6 is 0 Å². The molecule has 0 saturated heterocycles. The average molecular weight is 168 g/mol. The third-order valence-electron chi connectivity index (χ3n) is 1.54. The molecule has 0 bridgehead atoms. The van der Waals surface area contributed by atoms with E-state index in [2.05, 4.69) is 35.7 Å². The largest absolute Gasteiger partial charge is 0.371 e. The van der Waals surface area contributed by atoms with Gasteiger partial charge in [0.05, 0.1) is 6.54 Å².